The molecule has 6 heteroatoms. The highest BCUT2D eigenvalue weighted by molar-refractivity contribution is 5.13. The molecule has 0 saturated heterocycles. The summed E-state index contributed by atoms with van der Waals surface area (Å²) in [6.07, 6.45) is 3.58. The van der Waals surface area contributed by atoms with Crippen LogP contribution in [-0.2, 0) is 13.2 Å². The third-order valence-electron chi connectivity index (χ3n) is 2.65. The molecule has 104 valence electrons. The first-order valence-corrected chi connectivity index (χ1v) is 6.51. The standard InChI is InChI=1S/C13H20N4O2/c1-4-14-6-11-5-12(19-16-11)9-18-13-7-15-17(8-13)10(2)3/h5,7-8,10,14H,4,6,9H2,1-3H3. The van der Waals surface area contributed by atoms with Crippen molar-refractivity contribution in [3.8, 4) is 5.75 Å². The van der Waals surface area contributed by atoms with Gasteiger partial charge in [-0.25, -0.2) is 0 Å². The van der Waals surface area contributed by atoms with Crippen molar-refractivity contribution in [3.63, 3.8) is 0 Å². The summed E-state index contributed by atoms with van der Waals surface area (Å²) >= 11 is 0. The molecule has 0 radical (unpaired) electrons. The van der Waals surface area contributed by atoms with Crippen LogP contribution >= 0.6 is 0 Å². The zero-order valence-corrected chi connectivity index (χ0v) is 11.6. The Morgan fingerprint density at radius 1 is 1.47 bits per heavy atom. The number of nitrogens with zero attached hydrogens (tertiary/aromatic N) is 3. The monoisotopic (exact) mass is 264 g/mol. The van der Waals surface area contributed by atoms with Crippen molar-refractivity contribution in [2.75, 3.05) is 6.54 Å². The molecule has 19 heavy (non-hydrogen) atoms. The van der Waals surface area contributed by atoms with Gasteiger partial charge in [0, 0.05) is 18.7 Å². The average molecular weight is 264 g/mol. The Balaban J connectivity index is 1.85. The van der Waals surface area contributed by atoms with Crippen LogP contribution in [0, 0.1) is 0 Å². The molecule has 2 heterocycles. The molecule has 0 spiro atoms. The molecular formula is C13H20N4O2. The van der Waals surface area contributed by atoms with Gasteiger partial charge in [-0.3, -0.25) is 4.68 Å². The van der Waals surface area contributed by atoms with Crippen molar-refractivity contribution in [3.05, 3.63) is 29.9 Å². The molecule has 2 rings (SSSR count). The fourth-order valence-electron chi connectivity index (χ4n) is 1.59. The van der Waals surface area contributed by atoms with E-state index in [1.807, 2.05) is 16.9 Å². The normalized spacial score (nSPS) is 11.2. The molecule has 1 N–H and O–H groups in total. The molecule has 0 aliphatic carbocycles. The van der Waals surface area contributed by atoms with Gasteiger partial charge in [-0.05, 0) is 20.4 Å². The topological polar surface area (TPSA) is 65.1 Å². The first-order chi connectivity index (χ1) is 9.19. The Morgan fingerprint density at radius 2 is 2.32 bits per heavy atom. The Hall–Kier alpha value is -1.82. The van der Waals surface area contributed by atoms with Crippen molar-refractivity contribution in [2.45, 2.75) is 40.0 Å². The van der Waals surface area contributed by atoms with Gasteiger partial charge in [-0.15, -0.1) is 0 Å². The van der Waals surface area contributed by atoms with Crippen LogP contribution in [0.5, 0.6) is 5.75 Å². The number of ether oxygens (including phenoxy) is 1. The summed E-state index contributed by atoms with van der Waals surface area (Å²) < 4.78 is 12.7. The van der Waals surface area contributed by atoms with Gasteiger partial charge >= 0.3 is 0 Å². The summed E-state index contributed by atoms with van der Waals surface area (Å²) in [5.41, 5.74) is 0.887. The SMILES string of the molecule is CCNCc1cc(COc2cnn(C(C)C)c2)on1. The van der Waals surface area contributed by atoms with E-state index in [2.05, 4.69) is 36.3 Å². The lowest BCUT2D eigenvalue weighted by molar-refractivity contribution is 0.248. The minimum atomic E-state index is 0.328. The maximum Gasteiger partial charge on any atom is 0.174 e. The van der Waals surface area contributed by atoms with E-state index in [9.17, 15) is 0 Å². The number of rotatable bonds is 7. The van der Waals surface area contributed by atoms with E-state index >= 15 is 0 Å². The summed E-state index contributed by atoms with van der Waals surface area (Å²) in [5.74, 6) is 1.45. The molecule has 0 aromatic carbocycles. The van der Waals surface area contributed by atoms with Crippen LogP contribution in [0.4, 0.5) is 0 Å². The van der Waals surface area contributed by atoms with Gasteiger partial charge in [0.1, 0.15) is 6.61 Å². The highest BCUT2D eigenvalue weighted by Gasteiger charge is 2.06. The van der Waals surface area contributed by atoms with E-state index in [0.717, 1.165) is 18.0 Å². The summed E-state index contributed by atoms with van der Waals surface area (Å²) in [5, 5.41) is 11.4. The van der Waals surface area contributed by atoms with Crippen molar-refractivity contribution in [1.82, 2.24) is 20.3 Å². The lowest BCUT2D eigenvalue weighted by Gasteiger charge is -2.03. The van der Waals surface area contributed by atoms with Gasteiger partial charge in [-0.1, -0.05) is 12.1 Å². The smallest absolute Gasteiger partial charge is 0.174 e. The van der Waals surface area contributed by atoms with E-state index in [1.54, 1.807) is 6.20 Å². The molecule has 0 unspecified atom stereocenters. The second-order valence-corrected chi connectivity index (χ2v) is 4.60. The zero-order valence-electron chi connectivity index (χ0n) is 11.6. The molecule has 0 atom stereocenters. The van der Waals surface area contributed by atoms with Crippen LogP contribution in [0.3, 0.4) is 0 Å². The first kappa shape index (κ1) is 13.6. The van der Waals surface area contributed by atoms with Crippen molar-refractivity contribution < 1.29 is 9.26 Å². The molecule has 0 bridgehead atoms. The highest BCUT2D eigenvalue weighted by atomic mass is 16.5. The first-order valence-electron chi connectivity index (χ1n) is 6.51. The summed E-state index contributed by atoms with van der Waals surface area (Å²) in [7, 11) is 0. The molecule has 0 saturated carbocycles. The van der Waals surface area contributed by atoms with Gasteiger partial charge in [0.05, 0.1) is 18.1 Å². The maximum atomic E-state index is 5.60. The van der Waals surface area contributed by atoms with E-state index in [-0.39, 0.29) is 0 Å². The predicted octanol–water partition coefficient (Wildman–Crippen LogP) is 2.14. The van der Waals surface area contributed by atoms with Crippen LogP contribution in [-0.4, -0.2) is 21.5 Å². The van der Waals surface area contributed by atoms with Gasteiger partial charge in [-0.2, -0.15) is 5.10 Å². The van der Waals surface area contributed by atoms with Gasteiger partial charge in [0.25, 0.3) is 0 Å². The number of hydrogen-bond donors (Lipinski definition) is 1. The minimum Gasteiger partial charge on any atom is -0.482 e. The van der Waals surface area contributed by atoms with E-state index in [0.29, 0.717) is 25.0 Å². The zero-order chi connectivity index (χ0) is 13.7. The lowest BCUT2D eigenvalue weighted by Crippen LogP contribution is -2.11. The van der Waals surface area contributed by atoms with Gasteiger partial charge < -0.3 is 14.6 Å². The molecule has 0 aliphatic heterocycles. The summed E-state index contributed by atoms with van der Waals surface area (Å²) in [6.45, 7) is 8.18. The third-order valence-corrected chi connectivity index (χ3v) is 2.65. The summed E-state index contributed by atoms with van der Waals surface area (Å²) in [6, 6.07) is 2.23. The molecule has 2 aromatic rings. The van der Waals surface area contributed by atoms with E-state index in [1.165, 1.54) is 0 Å². The Labute approximate surface area is 112 Å². The van der Waals surface area contributed by atoms with Crippen LogP contribution < -0.4 is 10.1 Å². The molecule has 6 nitrogen and oxygen atoms in total. The van der Waals surface area contributed by atoms with Crippen molar-refractivity contribution in [1.29, 1.82) is 0 Å². The third kappa shape index (κ3) is 3.82. The predicted molar refractivity (Wildman–Crippen MR) is 70.8 cm³/mol. The molecule has 0 aliphatic rings. The number of hydrogen-bond acceptors (Lipinski definition) is 5. The van der Waals surface area contributed by atoms with Crippen molar-refractivity contribution in [2.24, 2.45) is 0 Å². The van der Waals surface area contributed by atoms with E-state index < -0.39 is 0 Å². The Bertz CT molecular complexity index is 504. The minimum absolute atomic E-state index is 0.328. The number of nitrogens with one attached hydrogen (secondary N) is 1. The maximum absolute atomic E-state index is 5.60. The number of aromatic nitrogens is 3. The van der Waals surface area contributed by atoms with Crippen LogP contribution in [0.25, 0.3) is 0 Å². The molecular weight excluding hydrogens is 244 g/mol. The van der Waals surface area contributed by atoms with E-state index in [4.69, 9.17) is 9.26 Å². The fraction of sp³-hybridized carbons (Fsp3) is 0.538. The van der Waals surface area contributed by atoms with Crippen molar-refractivity contribution >= 4 is 0 Å². The average Bonchev–Trinajstić information content (AvgIpc) is 3.03. The lowest BCUT2D eigenvalue weighted by atomic mass is 10.3. The van der Waals surface area contributed by atoms with Crippen LogP contribution in [0.1, 0.15) is 38.3 Å². The Kier molecular flexibility index (Phi) is 4.57. The largest absolute Gasteiger partial charge is 0.482 e. The second-order valence-electron chi connectivity index (χ2n) is 4.60. The van der Waals surface area contributed by atoms with Gasteiger partial charge in [0.15, 0.2) is 11.5 Å². The molecule has 2 aromatic heterocycles. The fourth-order valence-corrected chi connectivity index (χ4v) is 1.59. The quantitative estimate of drug-likeness (QED) is 0.830. The van der Waals surface area contributed by atoms with Gasteiger partial charge in [0.2, 0.25) is 0 Å². The second kappa shape index (κ2) is 6.38. The molecule has 0 fully saturated rings. The van der Waals surface area contributed by atoms with Crippen LogP contribution in [0.2, 0.25) is 0 Å². The van der Waals surface area contributed by atoms with Crippen LogP contribution in [0.15, 0.2) is 23.0 Å². The summed E-state index contributed by atoms with van der Waals surface area (Å²) in [4.78, 5) is 0. The molecule has 0 amide bonds. The highest BCUT2D eigenvalue weighted by Crippen LogP contribution is 2.14. The Morgan fingerprint density at radius 3 is 3.00 bits per heavy atom.